The van der Waals surface area contributed by atoms with Crippen LogP contribution in [0.15, 0.2) is 6.33 Å². The van der Waals surface area contributed by atoms with E-state index in [-0.39, 0.29) is 5.60 Å². The van der Waals surface area contributed by atoms with Crippen LogP contribution >= 0.6 is 11.6 Å². The highest BCUT2D eigenvalue weighted by molar-refractivity contribution is 6.30. The number of imidazole rings is 1. The van der Waals surface area contributed by atoms with Crippen LogP contribution < -0.4 is 0 Å². The summed E-state index contributed by atoms with van der Waals surface area (Å²) in [4.78, 5) is 6.76. The first kappa shape index (κ1) is 19.2. The van der Waals surface area contributed by atoms with Crippen molar-refractivity contribution >= 4 is 11.6 Å². The quantitative estimate of drug-likeness (QED) is 0.703. The average Bonchev–Trinajstić information content (AvgIpc) is 3.07. The van der Waals surface area contributed by atoms with Crippen LogP contribution in [0, 0.1) is 5.41 Å². The smallest absolute Gasteiger partial charge is 0.151 e. The van der Waals surface area contributed by atoms with E-state index >= 15 is 0 Å². The molecule has 2 aliphatic rings. The molecule has 1 aromatic heterocycles. The van der Waals surface area contributed by atoms with Crippen molar-refractivity contribution < 1.29 is 4.74 Å². The second kappa shape index (κ2) is 7.58. The molecule has 5 heteroatoms. The Kier molecular flexibility index (Phi) is 5.81. The molecule has 2 fully saturated rings. The first-order chi connectivity index (χ1) is 11.8. The molecule has 0 atom stereocenters. The van der Waals surface area contributed by atoms with E-state index in [4.69, 9.17) is 16.3 Å². The number of ether oxygens (including phenoxy) is 1. The number of hydrogen-bond acceptors (Lipinski definition) is 3. The van der Waals surface area contributed by atoms with Gasteiger partial charge in [-0.05, 0) is 57.5 Å². The molecule has 1 aliphatic carbocycles. The van der Waals surface area contributed by atoms with Crippen molar-refractivity contribution in [2.45, 2.75) is 83.9 Å². The van der Waals surface area contributed by atoms with Gasteiger partial charge in [0.2, 0.25) is 0 Å². The summed E-state index contributed by atoms with van der Waals surface area (Å²) < 4.78 is 8.61. The van der Waals surface area contributed by atoms with E-state index < -0.39 is 0 Å². The summed E-state index contributed by atoms with van der Waals surface area (Å²) in [5.74, 6) is 0. The fourth-order valence-corrected chi connectivity index (χ4v) is 4.84. The van der Waals surface area contributed by atoms with Crippen molar-refractivity contribution in [3.8, 4) is 0 Å². The molecule has 1 spiro atoms. The molecule has 1 aliphatic heterocycles. The minimum absolute atomic E-state index is 0.127. The van der Waals surface area contributed by atoms with Crippen LogP contribution in [-0.2, 0) is 11.3 Å². The predicted molar refractivity (Wildman–Crippen MR) is 103 cm³/mol. The molecule has 25 heavy (non-hydrogen) atoms. The SMILES string of the molecule is CCCCN(C)Cc1c(Cl)ncn1C1CCC2(CC1)CC(C)(C)CO2. The molecule has 0 unspecified atom stereocenters. The summed E-state index contributed by atoms with van der Waals surface area (Å²) >= 11 is 6.42. The normalized spacial score (nSPS) is 29.0. The lowest BCUT2D eigenvalue weighted by molar-refractivity contribution is -0.0344. The zero-order valence-corrected chi connectivity index (χ0v) is 17.1. The Morgan fingerprint density at radius 3 is 2.68 bits per heavy atom. The van der Waals surface area contributed by atoms with Crippen molar-refractivity contribution in [2.24, 2.45) is 5.41 Å². The largest absolute Gasteiger partial charge is 0.374 e. The van der Waals surface area contributed by atoms with Gasteiger partial charge in [0, 0.05) is 12.6 Å². The van der Waals surface area contributed by atoms with Crippen LogP contribution in [0.3, 0.4) is 0 Å². The van der Waals surface area contributed by atoms with Gasteiger partial charge in [-0.25, -0.2) is 4.98 Å². The molecule has 0 amide bonds. The number of halogens is 1. The molecule has 4 nitrogen and oxygen atoms in total. The molecule has 3 rings (SSSR count). The fourth-order valence-electron chi connectivity index (χ4n) is 4.64. The maximum atomic E-state index is 6.42. The van der Waals surface area contributed by atoms with E-state index in [9.17, 15) is 0 Å². The van der Waals surface area contributed by atoms with Crippen LogP contribution in [-0.4, -0.2) is 40.3 Å². The molecule has 0 radical (unpaired) electrons. The Labute approximate surface area is 157 Å². The van der Waals surface area contributed by atoms with Gasteiger partial charge < -0.3 is 14.2 Å². The van der Waals surface area contributed by atoms with Crippen LogP contribution in [0.25, 0.3) is 0 Å². The second-order valence-electron chi connectivity index (χ2n) is 9.02. The predicted octanol–water partition coefficient (Wildman–Crippen LogP) is 5.07. The van der Waals surface area contributed by atoms with Crippen LogP contribution in [0.2, 0.25) is 5.15 Å². The van der Waals surface area contributed by atoms with Gasteiger partial charge in [-0.15, -0.1) is 0 Å². The van der Waals surface area contributed by atoms with E-state index in [2.05, 4.69) is 42.3 Å². The van der Waals surface area contributed by atoms with Crippen molar-refractivity contribution in [3.63, 3.8) is 0 Å². The molecule has 142 valence electrons. The number of hydrogen-bond donors (Lipinski definition) is 0. The number of rotatable bonds is 6. The molecular weight excluding hydrogens is 334 g/mol. The Balaban J connectivity index is 1.64. The lowest BCUT2D eigenvalue weighted by Gasteiger charge is -2.38. The Morgan fingerprint density at radius 1 is 1.36 bits per heavy atom. The molecular formula is C20H34ClN3O. The molecule has 1 aromatic rings. The van der Waals surface area contributed by atoms with Gasteiger partial charge in [0.25, 0.3) is 0 Å². The lowest BCUT2D eigenvalue weighted by atomic mass is 9.75. The Bertz CT molecular complexity index is 575. The van der Waals surface area contributed by atoms with Crippen molar-refractivity contribution in [2.75, 3.05) is 20.2 Å². The summed E-state index contributed by atoms with van der Waals surface area (Å²) in [5, 5.41) is 0.668. The van der Waals surface area contributed by atoms with Gasteiger partial charge in [0.15, 0.2) is 5.15 Å². The Hall–Kier alpha value is -0.580. The summed E-state index contributed by atoms with van der Waals surface area (Å²) in [6, 6.07) is 0.507. The van der Waals surface area contributed by atoms with E-state index in [1.807, 2.05) is 6.33 Å². The second-order valence-corrected chi connectivity index (χ2v) is 9.38. The minimum Gasteiger partial charge on any atom is -0.374 e. The van der Waals surface area contributed by atoms with Crippen molar-refractivity contribution in [1.29, 1.82) is 0 Å². The third kappa shape index (κ3) is 4.40. The van der Waals surface area contributed by atoms with Gasteiger partial charge in [-0.3, -0.25) is 0 Å². The van der Waals surface area contributed by atoms with Gasteiger partial charge in [-0.1, -0.05) is 38.8 Å². The number of aromatic nitrogens is 2. The lowest BCUT2D eigenvalue weighted by Crippen LogP contribution is -2.35. The zero-order chi connectivity index (χ0) is 18.1. The first-order valence-corrected chi connectivity index (χ1v) is 10.3. The van der Waals surface area contributed by atoms with Gasteiger partial charge >= 0.3 is 0 Å². The highest BCUT2D eigenvalue weighted by atomic mass is 35.5. The van der Waals surface area contributed by atoms with E-state index in [1.165, 1.54) is 25.0 Å². The number of nitrogens with zero attached hydrogens (tertiary/aromatic N) is 3. The van der Waals surface area contributed by atoms with Gasteiger partial charge in [0.1, 0.15) is 0 Å². The summed E-state index contributed by atoms with van der Waals surface area (Å²) in [7, 11) is 2.17. The molecule has 0 aromatic carbocycles. The highest BCUT2D eigenvalue weighted by Crippen LogP contribution is 2.49. The molecule has 0 bridgehead atoms. The van der Waals surface area contributed by atoms with E-state index in [1.54, 1.807) is 0 Å². The van der Waals surface area contributed by atoms with Crippen LogP contribution in [0.4, 0.5) is 0 Å². The van der Waals surface area contributed by atoms with Gasteiger partial charge in [0.05, 0.1) is 24.2 Å². The maximum Gasteiger partial charge on any atom is 0.151 e. The number of unbranched alkanes of at least 4 members (excludes halogenated alkanes) is 1. The highest BCUT2D eigenvalue weighted by Gasteiger charge is 2.46. The molecule has 1 saturated carbocycles. The zero-order valence-electron chi connectivity index (χ0n) is 16.4. The first-order valence-electron chi connectivity index (χ1n) is 9.88. The van der Waals surface area contributed by atoms with Crippen molar-refractivity contribution in [3.05, 3.63) is 17.2 Å². The van der Waals surface area contributed by atoms with Crippen LogP contribution in [0.1, 0.15) is 77.5 Å². The maximum absolute atomic E-state index is 6.42. The van der Waals surface area contributed by atoms with E-state index in [0.29, 0.717) is 16.6 Å². The fraction of sp³-hybridized carbons (Fsp3) is 0.850. The van der Waals surface area contributed by atoms with E-state index in [0.717, 1.165) is 45.4 Å². The molecule has 0 N–H and O–H groups in total. The molecule has 1 saturated heterocycles. The third-order valence-electron chi connectivity index (χ3n) is 5.99. The van der Waals surface area contributed by atoms with Gasteiger partial charge in [-0.2, -0.15) is 0 Å². The average molecular weight is 368 g/mol. The standard InChI is InChI=1S/C20H34ClN3O/c1-5-6-11-23(4)12-17-18(21)22-15-24(17)16-7-9-20(10-8-16)13-19(2,3)14-25-20/h15-16H,5-14H2,1-4H3. The summed E-state index contributed by atoms with van der Waals surface area (Å²) in [5.41, 5.74) is 1.63. The third-order valence-corrected chi connectivity index (χ3v) is 6.30. The minimum atomic E-state index is 0.127. The topological polar surface area (TPSA) is 30.3 Å². The summed E-state index contributed by atoms with van der Waals surface area (Å²) in [6.45, 7) is 9.78. The monoisotopic (exact) mass is 367 g/mol. The van der Waals surface area contributed by atoms with Crippen molar-refractivity contribution in [1.82, 2.24) is 14.5 Å². The summed E-state index contributed by atoms with van der Waals surface area (Å²) in [6.07, 6.45) is 10.2. The Morgan fingerprint density at radius 2 is 2.08 bits per heavy atom. The molecule has 2 heterocycles. The van der Waals surface area contributed by atoms with Crippen LogP contribution in [0.5, 0.6) is 0 Å².